The molecule has 0 aromatic rings. The first-order valence-corrected chi connectivity index (χ1v) is 4.18. The molecule has 0 saturated carbocycles. The molecule has 0 atom stereocenters. The molecule has 0 unspecified atom stereocenters. The van der Waals surface area contributed by atoms with Gasteiger partial charge < -0.3 is 10.0 Å². The van der Waals surface area contributed by atoms with Crippen LogP contribution in [0.4, 0.5) is 0 Å². The average Bonchev–Trinajstić information content (AvgIpc) is 2.33. The highest BCUT2D eigenvalue weighted by molar-refractivity contribution is 5.78. The fourth-order valence-corrected chi connectivity index (χ4v) is 0.862. The summed E-state index contributed by atoms with van der Waals surface area (Å²) in [6.07, 6.45) is 3.12. The minimum Gasteiger partial charge on any atom is -0.394 e. The van der Waals surface area contributed by atoms with Crippen molar-refractivity contribution in [3.05, 3.63) is 12.8 Å². The third-order valence-electron chi connectivity index (χ3n) is 1.33. The number of rotatable bonds is 1. The molecule has 0 aromatic heterocycles. The minimum absolute atomic E-state index is 0.167. The lowest BCUT2D eigenvalue weighted by atomic mass is 10.4. The van der Waals surface area contributed by atoms with E-state index in [0.717, 1.165) is 13.0 Å². The van der Waals surface area contributed by atoms with Gasteiger partial charge in [0.05, 0.1) is 0 Å². The number of likely N-dealkylation sites (tertiary alicyclic amines) is 1. The van der Waals surface area contributed by atoms with Crippen LogP contribution in [0.2, 0.25) is 0 Å². The van der Waals surface area contributed by atoms with Crippen molar-refractivity contribution >= 4 is 5.91 Å². The Kier molecular flexibility index (Phi) is 5.37. The summed E-state index contributed by atoms with van der Waals surface area (Å²) in [4.78, 5) is 12.3. The molecule has 0 radical (unpaired) electrons. The molecule has 0 spiro atoms. The van der Waals surface area contributed by atoms with Crippen molar-refractivity contribution in [3.63, 3.8) is 0 Å². The molecule has 1 fully saturated rings. The maximum atomic E-state index is 10.7. The van der Waals surface area contributed by atoms with Crippen LogP contribution in [-0.4, -0.2) is 28.6 Å². The second-order valence-electron chi connectivity index (χ2n) is 2.97. The smallest absolute Gasteiger partial charge is 0.226 e. The Morgan fingerprint density at radius 1 is 1.67 bits per heavy atom. The summed E-state index contributed by atoms with van der Waals surface area (Å²) in [6.45, 7) is 7.81. The molecular formula is C9H17NO2. The summed E-state index contributed by atoms with van der Waals surface area (Å²) >= 11 is 0. The van der Waals surface area contributed by atoms with E-state index in [1.165, 1.54) is 0 Å². The molecule has 1 rings (SSSR count). The van der Waals surface area contributed by atoms with Gasteiger partial charge in [-0.2, -0.15) is 0 Å². The zero-order valence-corrected chi connectivity index (χ0v) is 7.79. The van der Waals surface area contributed by atoms with Gasteiger partial charge in [-0.05, 0) is 26.5 Å². The summed E-state index contributed by atoms with van der Waals surface area (Å²) in [5.74, 6) is 0.208. The fourth-order valence-electron chi connectivity index (χ4n) is 0.862. The molecule has 1 saturated heterocycles. The van der Waals surface area contributed by atoms with E-state index in [0.29, 0.717) is 6.42 Å². The van der Waals surface area contributed by atoms with Crippen LogP contribution in [0.5, 0.6) is 0 Å². The summed E-state index contributed by atoms with van der Waals surface area (Å²) in [6, 6.07) is 0. The second-order valence-corrected chi connectivity index (χ2v) is 2.97. The Morgan fingerprint density at radius 2 is 2.17 bits per heavy atom. The van der Waals surface area contributed by atoms with Gasteiger partial charge in [0.1, 0.15) is 0 Å². The highest BCUT2D eigenvalue weighted by Gasteiger charge is 2.15. The SMILES string of the molecule is C=CN1CCCC1=O.CC(C)O. The quantitative estimate of drug-likeness (QED) is 0.642. The van der Waals surface area contributed by atoms with Gasteiger partial charge in [0, 0.05) is 19.1 Å². The molecular weight excluding hydrogens is 154 g/mol. The largest absolute Gasteiger partial charge is 0.394 e. The van der Waals surface area contributed by atoms with Crippen LogP contribution in [0.25, 0.3) is 0 Å². The van der Waals surface area contributed by atoms with E-state index in [9.17, 15) is 4.79 Å². The van der Waals surface area contributed by atoms with Crippen LogP contribution in [0.1, 0.15) is 26.7 Å². The van der Waals surface area contributed by atoms with E-state index < -0.39 is 0 Å². The first kappa shape index (κ1) is 11.2. The summed E-state index contributed by atoms with van der Waals surface area (Å²) in [5.41, 5.74) is 0. The maximum Gasteiger partial charge on any atom is 0.226 e. The van der Waals surface area contributed by atoms with Crippen molar-refractivity contribution in [2.45, 2.75) is 32.8 Å². The van der Waals surface area contributed by atoms with Gasteiger partial charge in [-0.25, -0.2) is 0 Å². The van der Waals surface area contributed by atoms with Crippen LogP contribution in [-0.2, 0) is 4.79 Å². The zero-order chi connectivity index (χ0) is 9.56. The Balaban J connectivity index is 0.000000261. The molecule has 1 amide bonds. The van der Waals surface area contributed by atoms with E-state index in [-0.39, 0.29) is 12.0 Å². The van der Waals surface area contributed by atoms with E-state index >= 15 is 0 Å². The number of aliphatic hydroxyl groups excluding tert-OH is 1. The van der Waals surface area contributed by atoms with Gasteiger partial charge in [0.2, 0.25) is 5.91 Å². The monoisotopic (exact) mass is 171 g/mol. The van der Waals surface area contributed by atoms with Crippen molar-refractivity contribution in [2.75, 3.05) is 6.54 Å². The van der Waals surface area contributed by atoms with Gasteiger partial charge in [0.25, 0.3) is 0 Å². The molecule has 3 nitrogen and oxygen atoms in total. The predicted octanol–water partition coefficient (Wildman–Crippen LogP) is 1.14. The van der Waals surface area contributed by atoms with E-state index in [2.05, 4.69) is 6.58 Å². The first-order valence-electron chi connectivity index (χ1n) is 4.18. The standard InChI is InChI=1S/C6H9NO.C3H8O/c1-2-7-5-3-4-6(7)8;1-3(2)4/h2H,1,3-5H2;3-4H,1-2H3. The van der Waals surface area contributed by atoms with Crippen LogP contribution < -0.4 is 0 Å². The molecule has 12 heavy (non-hydrogen) atoms. The van der Waals surface area contributed by atoms with Crippen LogP contribution in [0.3, 0.4) is 0 Å². The topological polar surface area (TPSA) is 40.5 Å². The Hall–Kier alpha value is -0.830. The van der Waals surface area contributed by atoms with Crippen molar-refractivity contribution in [3.8, 4) is 0 Å². The van der Waals surface area contributed by atoms with E-state index in [4.69, 9.17) is 5.11 Å². The third kappa shape index (κ3) is 4.91. The molecule has 1 aliphatic heterocycles. The molecule has 1 heterocycles. The van der Waals surface area contributed by atoms with Crippen molar-refractivity contribution in [1.29, 1.82) is 0 Å². The summed E-state index contributed by atoms with van der Waals surface area (Å²) < 4.78 is 0. The summed E-state index contributed by atoms with van der Waals surface area (Å²) in [7, 11) is 0. The van der Waals surface area contributed by atoms with Crippen LogP contribution >= 0.6 is 0 Å². The predicted molar refractivity (Wildman–Crippen MR) is 48.5 cm³/mol. The Morgan fingerprint density at radius 3 is 2.33 bits per heavy atom. The fraction of sp³-hybridized carbons (Fsp3) is 0.667. The van der Waals surface area contributed by atoms with Crippen LogP contribution in [0, 0.1) is 0 Å². The number of hydrogen-bond donors (Lipinski definition) is 1. The number of carbonyl (C=O) groups is 1. The third-order valence-corrected chi connectivity index (χ3v) is 1.33. The lowest BCUT2D eigenvalue weighted by Gasteiger charge is -2.05. The number of hydrogen-bond acceptors (Lipinski definition) is 2. The zero-order valence-electron chi connectivity index (χ0n) is 7.79. The molecule has 0 bridgehead atoms. The second kappa shape index (κ2) is 5.77. The van der Waals surface area contributed by atoms with Gasteiger partial charge in [-0.15, -0.1) is 0 Å². The molecule has 70 valence electrons. The first-order chi connectivity index (χ1) is 5.57. The lowest BCUT2D eigenvalue weighted by molar-refractivity contribution is -0.125. The van der Waals surface area contributed by atoms with Gasteiger partial charge in [0.15, 0.2) is 0 Å². The maximum absolute atomic E-state index is 10.7. The molecule has 0 aliphatic carbocycles. The normalized spacial score (nSPS) is 16.0. The van der Waals surface area contributed by atoms with Gasteiger partial charge >= 0.3 is 0 Å². The molecule has 3 heteroatoms. The molecule has 1 N–H and O–H groups in total. The van der Waals surface area contributed by atoms with E-state index in [1.807, 2.05) is 0 Å². The number of amides is 1. The van der Waals surface area contributed by atoms with Gasteiger partial charge in [-0.3, -0.25) is 4.79 Å². The van der Waals surface area contributed by atoms with E-state index in [1.54, 1.807) is 24.9 Å². The van der Waals surface area contributed by atoms with Crippen molar-refractivity contribution in [1.82, 2.24) is 4.90 Å². The van der Waals surface area contributed by atoms with Gasteiger partial charge in [-0.1, -0.05) is 6.58 Å². The summed E-state index contributed by atoms with van der Waals surface area (Å²) in [5, 5.41) is 8.06. The highest BCUT2D eigenvalue weighted by Crippen LogP contribution is 2.08. The Bertz CT molecular complexity index is 152. The molecule has 1 aliphatic rings. The number of nitrogens with zero attached hydrogens (tertiary/aromatic N) is 1. The van der Waals surface area contributed by atoms with Crippen LogP contribution in [0.15, 0.2) is 12.8 Å². The highest BCUT2D eigenvalue weighted by atomic mass is 16.3. The average molecular weight is 171 g/mol. The number of aliphatic hydroxyl groups is 1. The Labute approximate surface area is 73.7 Å². The lowest BCUT2D eigenvalue weighted by Crippen LogP contribution is -2.16. The molecule has 0 aromatic carbocycles. The number of carbonyl (C=O) groups excluding carboxylic acids is 1. The van der Waals surface area contributed by atoms with Crippen molar-refractivity contribution < 1.29 is 9.90 Å². The van der Waals surface area contributed by atoms with Crippen molar-refractivity contribution in [2.24, 2.45) is 0 Å². The minimum atomic E-state index is -0.167.